The Morgan fingerprint density at radius 3 is 1.83 bits per heavy atom. The standard InChI is InChI=1S/C22H48NO6P/c1-6-7-8-9-10-11-12-13-14-15-16-18-27-20-22(26-5)21-29-30(24,25)28-19-17-23(2,3)4/h22H,6-21H2,1-5H3. The van der Waals surface area contributed by atoms with Crippen LogP contribution in [0.3, 0.4) is 0 Å². The fraction of sp³-hybridized carbons (Fsp3) is 1.00. The Balaban J connectivity index is 3.62. The van der Waals surface area contributed by atoms with Gasteiger partial charge in [-0.15, -0.1) is 0 Å². The van der Waals surface area contributed by atoms with Crippen molar-refractivity contribution in [2.45, 2.75) is 83.7 Å². The van der Waals surface area contributed by atoms with Gasteiger partial charge in [-0.1, -0.05) is 71.1 Å². The van der Waals surface area contributed by atoms with Crippen LogP contribution in [0.5, 0.6) is 0 Å². The van der Waals surface area contributed by atoms with Gasteiger partial charge >= 0.3 is 0 Å². The van der Waals surface area contributed by atoms with Crippen LogP contribution in [0.4, 0.5) is 0 Å². The van der Waals surface area contributed by atoms with Crippen molar-refractivity contribution in [1.82, 2.24) is 0 Å². The average molecular weight is 454 g/mol. The predicted octanol–water partition coefficient (Wildman–Crippen LogP) is 4.54. The summed E-state index contributed by atoms with van der Waals surface area (Å²) in [6.07, 6.45) is 13.8. The molecule has 0 N–H and O–H groups in total. The largest absolute Gasteiger partial charge is 0.756 e. The Hall–Kier alpha value is -0.0100. The zero-order valence-corrected chi connectivity index (χ0v) is 21.1. The lowest BCUT2D eigenvalue weighted by molar-refractivity contribution is -0.870. The molecule has 0 radical (unpaired) electrons. The van der Waals surface area contributed by atoms with Crippen molar-refractivity contribution in [1.29, 1.82) is 0 Å². The van der Waals surface area contributed by atoms with Gasteiger partial charge in [0.2, 0.25) is 0 Å². The number of phosphoric ester groups is 1. The third-order valence-electron chi connectivity index (χ3n) is 4.96. The van der Waals surface area contributed by atoms with Crippen molar-refractivity contribution in [3.8, 4) is 0 Å². The lowest BCUT2D eigenvalue weighted by Crippen LogP contribution is -2.37. The van der Waals surface area contributed by atoms with Crippen molar-refractivity contribution in [2.24, 2.45) is 0 Å². The van der Waals surface area contributed by atoms with Crippen LogP contribution in [0.2, 0.25) is 0 Å². The molecule has 0 saturated carbocycles. The average Bonchev–Trinajstić information content (AvgIpc) is 2.66. The van der Waals surface area contributed by atoms with Crippen molar-refractivity contribution >= 4 is 7.82 Å². The molecular weight excluding hydrogens is 405 g/mol. The van der Waals surface area contributed by atoms with Crippen LogP contribution in [-0.4, -0.2) is 71.8 Å². The first-order valence-electron chi connectivity index (χ1n) is 11.7. The molecule has 0 saturated heterocycles. The molecule has 0 aromatic rings. The second-order valence-electron chi connectivity index (χ2n) is 9.06. The summed E-state index contributed by atoms with van der Waals surface area (Å²) in [5, 5.41) is 0. The molecule has 2 unspecified atom stereocenters. The molecule has 7 nitrogen and oxygen atoms in total. The van der Waals surface area contributed by atoms with Gasteiger partial charge in [0.25, 0.3) is 7.82 Å². The molecule has 8 heteroatoms. The minimum absolute atomic E-state index is 0.0945. The molecule has 0 aliphatic rings. The molecule has 0 aromatic heterocycles. The number of phosphoric acid groups is 1. The smallest absolute Gasteiger partial charge is 0.268 e. The van der Waals surface area contributed by atoms with Gasteiger partial charge in [-0.2, -0.15) is 0 Å². The normalized spacial score (nSPS) is 15.3. The number of hydrogen-bond acceptors (Lipinski definition) is 6. The van der Waals surface area contributed by atoms with Gasteiger partial charge in [-0.3, -0.25) is 4.57 Å². The summed E-state index contributed by atoms with van der Waals surface area (Å²) in [7, 11) is 3.11. The molecule has 2 atom stereocenters. The van der Waals surface area contributed by atoms with Crippen LogP contribution in [0.25, 0.3) is 0 Å². The van der Waals surface area contributed by atoms with Crippen LogP contribution < -0.4 is 4.89 Å². The number of nitrogens with zero attached hydrogens (tertiary/aromatic N) is 1. The van der Waals surface area contributed by atoms with E-state index >= 15 is 0 Å². The number of methoxy groups -OCH3 is 1. The summed E-state index contributed by atoms with van der Waals surface area (Å²) in [5.74, 6) is 0. The highest BCUT2D eigenvalue weighted by Gasteiger charge is 2.16. The molecule has 0 fully saturated rings. The van der Waals surface area contributed by atoms with Gasteiger partial charge in [-0.25, -0.2) is 0 Å². The fourth-order valence-corrected chi connectivity index (χ4v) is 3.63. The molecule has 0 amide bonds. The van der Waals surface area contributed by atoms with Crippen molar-refractivity contribution in [3.05, 3.63) is 0 Å². The quantitative estimate of drug-likeness (QED) is 0.136. The number of unbranched alkanes of at least 4 members (excludes halogenated alkanes) is 10. The maximum absolute atomic E-state index is 11.8. The highest BCUT2D eigenvalue weighted by Crippen LogP contribution is 2.38. The minimum Gasteiger partial charge on any atom is -0.756 e. The molecule has 30 heavy (non-hydrogen) atoms. The predicted molar refractivity (Wildman–Crippen MR) is 120 cm³/mol. The van der Waals surface area contributed by atoms with Crippen LogP contribution in [0.1, 0.15) is 77.6 Å². The minimum atomic E-state index is -4.31. The first kappa shape index (κ1) is 30.0. The lowest BCUT2D eigenvalue weighted by atomic mass is 10.1. The van der Waals surface area contributed by atoms with Gasteiger partial charge < -0.3 is 27.9 Å². The molecule has 0 rings (SSSR count). The Bertz CT molecular complexity index is 430. The number of hydrogen-bond donors (Lipinski definition) is 0. The highest BCUT2D eigenvalue weighted by molar-refractivity contribution is 7.45. The summed E-state index contributed by atoms with van der Waals surface area (Å²) in [6.45, 7) is 3.80. The fourth-order valence-electron chi connectivity index (χ4n) is 2.91. The molecule has 0 aliphatic carbocycles. The first-order chi connectivity index (χ1) is 14.2. The molecule has 0 bridgehead atoms. The maximum Gasteiger partial charge on any atom is 0.268 e. The molecule has 0 heterocycles. The van der Waals surface area contributed by atoms with E-state index in [4.69, 9.17) is 18.5 Å². The Labute approximate surface area is 185 Å². The van der Waals surface area contributed by atoms with Gasteiger partial charge in [-0.05, 0) is 6.42 Å². The summed E-state index contributed by atoms with van der Waals surface area (Å²) >= 11 is 0. The number of rotatable bonds is 22. The topological polar surface area (TPSA) is 77.1 Å². The zero-order chi connectivity index (χ0) is 22.7. The third-order valence-corrected chi connectivity index (χ3v) is 5.92. The second kappa shape index (κ2) is 18.6. The SMILES string of the molecule is CCCCCCCCCCCCCOCC(COP(=O)([O-])OCC[N+](C)(C)C)OC. The molecule has 0 aliphatic heterocycles. The summed E-state index contributed by atoms with van der Waals surface area (Å²) < 4.78 is 33.1. The van der Waals surface area contributed by atoms with E-state index in [-0.39, 0.29) is 13.2 Å². The van der Waals surface area contributed by atoms with E-state index < -0.39 is 13.9 Å². The molecule has 0 spiro atoms. The Kier molecular flexibility index (Phi) is 18.5. The van der Waals surface area contributed by atoms with Crippen molar-refractivity contribution in [3.63, 3.8) is 0 Å². The molecule has 182 valence electrons. The van der Waals surface area contributed by atoms with E-state index in [2.05, 4.69) is 6.92 Å². The van der Waals surface area contributed by atoms with Gasteiger partial charge in [0.1, 0.15) is 19.3 Å². The molecular formula is C22H48NO6P. The maximum atomic E-state index is 11.8. The lowest BCUT2D eigenvalue weighted by Gasteiger charge is -2.28. The van der Waals surface area contributed by atoms with Gasteiger partial charge in [0.05, 0.1) is 34.4 Å². The van der Waals surface area contributed by atoms with Crippen molar-refractivity contribution < 1.29 is 32.5 Å². The van der Waals surface area contributed by atoms with E-state index in [1.807, 2.05) is 21.1 Å². The van der Waals surface area contributed by atoms with Gasteiger partial charge in [0.15, 0.2) is 0 Å². The van der Waals surface area contributed by atoms with E-state index in [0.717, 1.165) is 6.42 Å². The third kappa shape index (κ3) is 21.2. The van der Waals surface area contributed by atoms with Crippen LogP contribution in [0.15, 0.2) is 0 Å². The van der Waals surface area contributed by atoms with Gasteiger partial charge in [0, 0.05) is 13.7 Å². The number of ether oxygens (including phenoxy) is 2. The van der Waals surface area contributed by atoms with Crippen LogP contribution in [0, 0.1) is 0 Å². The Morgan fingerprint density at radius 2 is 1.33 bits per heavy atom. The van der Waals surface area contributed by atoms with E-state index in [1.165, 1.54) is 71.3 Å². The summed E-state index contributed by atoms with van der Waals surface area (Å²) in [4.78, 5) is 11.8. The second-order valence-corrected chi connectivity index (χ2v) is 10.5. The molecule has 0 aromatic carbocycles. The highest BCUT2D eigenvalue weighted by atomic mass is 31.2. The van der Waals surface area contributed by atoms with E-state index in [9.17, 15) is 9.46 Å². The Morgan fingerprint density at radius 1 is 0.800 bits per heavy atom. The monoisotopic (exact) mass is 453 g/mol. The van der Waals surface area contributed by atoms with E-state index in [0.29, 0.717) is 24.2 Å². The van der Waals surface area contributed by atoms with Crippen molar-refractivity contribution in [2.75, 3.05) is 61.2 Å². The summed E-state index contributed by atoms with van der Waals surface area (Å²) in [6, 6.07) is 0. The zero-order valence-electron chi connectivity index (χ0n) is 20.2. The van der Waals surface area contributed by atoms with Crippen LogP contribution >= 0.6 is 7.82 Å². The summed E-state index contributed by atoms with van der Waals surface area (Å²) in [5.41, 5.74) is 0. The van der Waals surface area contributed by atoms with E-state index in [1.54, 1.807) is 0 Å². The number of quaternary nitrogens is 1. The number of likely N-dealkylation sites (N-methyl/N-ethyl adjacent to an activating group) is 1. The first-order valence-corrected chi connectivity index (χ1v) is 13.2. The van der Waals surface area contributed by atoms with Crippen LogP contribution in [-0.2, 0) is 23.1 Å².